The zero-order chi connectivity index (χ0) is 18.4. The van der Waals surface area contributed by atoms with Crippen molar-refractivity contribution in [3.8, 4) is 0 Å². The molecule has 1 aromatic carbocycles. The Morgan fingerprint density at radius 1 is 1.35 bits per heavy atom. The summed E-state index contributed by atoms with van der Waals surface area (Å²) >= 11 is 7.57. The molecular formula is C17H20ClN5O2S. The molecular weight excluding hydrogens is 374 g/mol. The predicted molar refractivity (Wildman–Crippen MR) is 104 cm³/mol. The molecule has 0 saturated carbocycles. The van der Waals surface area contributed by atoms with Gasteiger partial charge in [-0.15, -0.1) is 0 Å². The minimum atomic E-state index is -0.451. The van der Waals surface area contributed by atoms with Crippen molar-refractivity contribution in [2.45, 2.75) is 23.8 Å². The number of benzene rings is 1. The Morgan fingerprint density at radius 3 is 2.85 bits per heavy atom. The van der Waals surface area contributed by atoms with Gasteiger partial charge in [-0.1, -0.05) is 41.6 Å². The maximum atomic E-state index is 11.3. The van der Waals surface area contributed by atoms with Gasteiger partial charge in [0.05, 0.1) is 4.92 Å². The van der Waals surface area contributed by atoms with Crippen molar-refractivity contribution in [3.05, 3.63) is 51.2 Å². The number of aromatic nitrogens is 2. The van der Waals surface area contributed by atoms with Crippen molar-refractivity contribution in [1.82, 2.24) is 15.3 Å². The summed E-state index contributed by atoms with van der Waals surface area (Å²) in [6.07, 6.45) is 3.38. The summed E-state index contributed by atoms with van der Waals surface area (Å²) < 4.78 is 0. The maximum Gasteiger partial charge on any atom is 0.329 e. The number of nitrogens with zero attached hydrogens (tertiary/aromatic N) is 3. The average Bonchev–Trinajstić information content (AvgIpc) is 2.66. The van der Waals surface area contributed by atoms with Gasteiger partial charge in [-0.2, -0.15) is 4.98 Å². The lowest BCUT2D eigenvalue weighted by molar-refractivity contribution is -0.384. The number of nitro groups is 1. The smallest absolute Gasteiger partial charge is 0.329 e. The summed E-state index contributed by atoms with van der Waals surface area (Å²) in [7, 11) is 0. The maximum absolute atomic E-state index is 11.3. The highest BCUT2D eigenvalue weighted by Gasteiger charge is 2.20. The number of piperidine rings is 1. The summed E-state index contributed by atoms with van der Waals surface area (Å²) in [5.74, 6) is 1.38. The van der Waals surface area contributed by atoms with Gasteiger partial charge in [-0.25, -0.2) is 4.98 Å². The first-order valence-corrected chi connectivity index (χ1v) is 9.82. The van der Waals surface area contributed by atoms with E-state index in [1.54, 1.807) is 0 Å². The lowest BCUT2D eigenvalue weighted by atomic mass is 9.98. The van der Waals surface area contributed by atoms with E-state index in [1.807, 2.05) is 24.3 Å². The summed E-state index contributed by atoms with van der Waals surface area (Å²) in [4.78, 5) is 19.3. The number of hydrogen-bond acceptors (Lipinski definition) is 7. The van der Waals surface area contributed by atoms with E-state index in [4.69, 9.17) is 11.6 Å². The first-order chi connectivity index (χ1) is 12.6. The predicted octanol–water partition coefficient (Wildman–Crippen LogP) is 3.74. The lowest BCUT2D eigenvalue weighted by Crippen LogP contribution is -2.31. The Bertz CT molecular complexity index is 771. The van der Waals surface area contributed by atoms with Gasteiger partial charge >= 0.3 is 5.69 Å². The average molecular weight is 394 g/mol. The van der Waals surface area contributed by atoms with Crippen molar-refractivity contribution in [1.29, 1.82) is 0 Å². The molecule has 2 heterocycles. The molecule has 0 bridgehead atoms. The van der Waals surface area contributed by atoms with Crippen molar-refractivity contribution in [3.63, 3.8) is 0 Å². The highest BCUT2D eigenvalue weighted by Crippen LogP contribution is 2.28. The third kappa shape index (κ3) is 5.06. The van der Waals surface area contributed by atoms with E-state index in [1.165, 1.54) is 18.0 Å². The molecule has 1 fully saturated rings. The van der Waals surface area contributed by atoms with E-state index < -0.39 is 4.92 Å². The lowest BCUT2D eigenvalue weighted by Gasteiger charge is -2.22. The zero-order valence-electron chi connectivity index (χ0n) is 14.2. The van der Waals surface area contributed by atoms with E-state index in [0.29, 0.717) is 28.4 Å². The van der Waals surface area contributed by atoms with Gasteiger partial charge in [0.2, 0.25) is 5.82 Å². The molecule has 3 rings (SSSR count). The van der Waals surface area contributed by atoms with Crippen molar-refractivity contribution in [2.24, 2.45) is 5.92 Å². The monoisotopic (exact) mass is 393 g/mol. The fourth-order valence-electron chi connectivity index (χ4n) is 2.78. The Kier molecular flexibility index (Phi) is 6.65. The van der Waals surface area contributed by atoms with Crippen LogP contribution in [0.2, 0.25) is 5.02 Å². The molecule has 0 amide bonds. The molecule has 7 nitrogen and oxygen atoms in total. The minimum absolute atomic E-state index is 0.0963. The highest BCUT2D eigenvalue weighted by molar-refractivity contribution is 7.98. The molecule has 0 aliphatic carbocycles. The van der Waals surface area contributed by atoms with E-state index in [-0.39, 0.29) is 11.5 Å². The van der Waals surface area contributed by atoms with Gasteiger partial charge in [0.25, 0.3) is 0 Å². The van der Waals surface area contributed by atoms with Crippen LogP contribution >= 0.6 is 23.4 Å². The van der Waals surface area contributed by atoms with Crippen LogP contribution in [-0.4, -0.2) is 34.5 Å². The molecule has 26 heavy (non-hydrogen) atoms. The number of halogens is 1. The first kappa shape index (κ1) is 18.9. The second kappa shape index (κ2) is 9.16. The molecule has 2 N–H and O–H groups in total. The van der Waals surface area contributed by atoms with Gasteiger partial charge in [0, 0.05) is 17.3 Å². The molecule has 0 atom stereocenters. The number of rotatable bonds is 7. The van der Waals surface area contributed by atoms with Crippen LogP contribution in [0, 0.1) is 16.0 Å². The molecule has 9 heteroatoms. The number of hydrogen-bond donors (Lipinski definition) is 2. The Hall–Kier alpha value is -1.90. The Labute approximate surface area is 161 Å². The number of anilines is 1. The van der Waals surface area contributed by atoms with Gasteiger partial charge < -0.3 is 10.6 Å². The van der Waals surface area contributed by atoms with E-state index in [2.05, 4.69) is 20.6 Å². The fraction of sp³-hybridized carbons (Fsp3) is 0.412. The van der Waals surface area contributed by atoms with Gasteiger partial charge in [-0.05, 0) is 43.5 Å². The molecule has 2 aromatic rings. The van der Waals surface area contributed by atoms with Crippen molar-refractivity contribution in [2.75, 3.05) is 25.0 Å². The largest absolute Gasteiger partial charge is 0.364 e. The fourth-order valence-corrected chi connectivity index (χ4v) is 3.88. The summed E-state index contributed by atoms with van der Waals surface area (Å²) in [5.41, 5.74) is 0.881. The molecule has 0 spiro atoms. The minimum Gasteiger partial charge on any atom is -0.364 e. The second-order valence-corrected chi connectivity index (χ2v) is 7.45. The van der Waals surface area contributed by atoms with Crippen molar-refractivity contribution < 1.29 is 4.92 Å². The van der Waals surface area contributed by atoms with Crippen LogP contribution in [0.4, 0.5) is 11.5 Å². The van der Waals surface area contributed by atoms with E-state index in [0.717, 1.165) is 31.5 Å². The zero-order valence-corrected chi connectivity index (χ0v) is 15.7. The van der Waals surface area contributed by atoms with Crippen LogP contribution in [-0.2, 0) is 5.75 Å². The Morgan fingerprint density at radius 2 is 2.12 bits per heavy atom. The van der Waals surface area contributed by atoms with Crippen LogP contribution in [0.1, 0.15) is 18.4 Å². The molecule has 0 unspecified atom stereocenters. The van der Waals surface area contributed by atoms with Crippen LogP contribution in [0.3, 0.4) is 0 Å². The van der Waals surface area contributed by atoms with Crippen molar-refractivity contribution >= 4 is 34.9 Å². The third-order valence-corrected chi connectivity index (χ3v) is 5.55. The quantitative estimate of drug-likeness (QED) is 0.320. The van der Waals surface area contributed by atoms with E-state index in [9.17, 15) is 10.1 Å². The number of thioether (sulfide) groups is 1. The SMILES string of the molecule is O=[N+]([O-])c1cnc(SCc2ccccc2Cl)nc1NCC1CCNCC1. The van der Waals surface area contributed by atoms with Crippen LogP contribution < -0.4 is 10.6 Å². The Balaban J connectivity index is 1.68. The summed E-state index contributed by atoms with van der Waals surface area (Å²) in [5, 5.41) is 18.9. The molecule has 138 valence electrons. The summed E-state index contributed by atoms with van der Waals surface area (Å²) in [6.45, 7) is 2.64. The van der Waals surface area contributed by atoms with E-state index >= 15 is 0 Å². The highest BCUT2D eigenvalue weighted by atomic mass is 35.5. The summed E-state index contributed by atoms with van der Waals surface area (Å²) in [6, 6.07) is 7.57. The van der Waals surface area contributed by atoms with Gasteiger partial charge in [0.15, 0.2) is 5.16 Å². The normalized spacial score (nSPS) is 15.0. The molecule has 1 saturated heterocycles. The topological polar surface area (TPSA) is 93.0 Å². The second-order valence-electron chi connectivity index (χ2n) is 6.10. The van der Waals surface area contributed by atoms with Gasteiger partial charge in [0.1, 0.15) is 6.20 Å². The first-order valence-electron chi connectivity index (χ1n) is 8.45. The number of nitrogens with one attached hydrogen (secondary N) is 2. The van der Waals surface area contributed by atoms with Crippen LogP contribution in [0.15, 0.2) is 35.6 Å². The molecule has 1 aliphatic heterocycles. The molecule has 1 aliphatic rings. The molecule has 0 radical (unpaired) electrons. The molecule has 1 aromatic heterocycles. The van der Waals surface area contributed by atoms with Gasteiger partial charge in [-0.3, -0.25) is 10.1 Å². The van der Waals surface area contributed by atoms with Crippen LogP contribution in [0.5, 0.6) is 0 Å². The third-order valence-electron chi connectivity index (χ3n) is 4.28. The standard InChI is InChI=1S/C17H20ClN5O2S/c18-14-4-2-1-3-13(14)11-26-17-21-10-15(23(24)25)16(22-17)20-9-12-5-7-19-8-6-12/h1-4,10,12,19H,5-9,11H2,(H,20,21,22). The van der Waals surface area contributed by atoms with Crippen LogP contribution in [0.25, 0.3) is 0 Å².